The van der Waals surface area contributed by atoms with Crippen LogP contribution in [0.5, 0.6) is 0 Å². The first-order valence-corrected chi connectivity index (χ1v) is 9.18. The fourth-order valence-electron chi connectivity index (χ4n) is 2.13. The lowest BCUT2D eigenvalue weighted by atomic mass is 10.1. The second-order valence-corrected chi connectivity index (χ2v) is 6.71. The molecule has 0 aliphatic heterocycles. The average Bonchev–Trinajstić information content (AvgIpc) is 2.29. The molecule has 0 aromatic carbocycles. The molecule has 0 amide bonds. The van der Waals surface area contributed by atoms with Crippen LogP contribution in [0.1, 0.15) is 84.0 Å². The molecule has 18 heavy (non-hydrogen) atoms. The minimum absolute atomic E-state index is 0.355. The largest absolute Gasteiger partial charge is 0.569 e. The van der Waals surface area contributed by atoms with Gasteiger partial charge in [0, 0.05) is 12.6 Å². The molecular weight excluding hydrogens is 256 g/mol. The van der Waals surface area contributed by atoms with E-state index in [9.17, 15) is 12.6 Å². The van der Waals surface area contributed by atoms with E-state index in [0.717, 1.165) is 19.3 Å². The van der Waals surface area contributed by atoms with Gasteiger partial charge in [-0.2, -0.15) is 0 Å². The molecule has 0 aliphatic rings. The fraction of sp³-hybridized carbons (Fsp3) is 1.00. The zero-order chi connectivity index (χ0) is 13.7. The lowest BCUT2D eigenvalue weighted by Crippen LogP contribution is -1.85. The van der Waals surface area contributed by atoms with Crippen LogP contribution in [0.3, 0.4) is 0 Å². The van der Waals surface area contributed by atoms with E-state index in [4.69, 9.17) is 0 Å². The van der Waals surface area contributed by atoms with Gasteiger partial charge in [-0.15, -0.1) is 0 Å². The Labute approximate surface area is 111 Å². The van der Waals surface area contributed by atoms with Crippen molar-refractivity contribution in [2.24, 2.45) is 0 Å². The molecule has 0 rings (SSSR count). The summed E-state index contributed by atoms with van der Waals surface area (Å²) in [6.07, 6.45) is 13.2. The summed E-state index contributed by atoms with van der Waals surface area (Å²) in [6.45, 7) is 2.22. The number of hydrogen-bond acceptors (Lipinski definition) is 0. The van der Waals surface area contributed by atoms with E-state index in [-0.39, 0.29) is 0 Å². The minimum Gasteiger partial charge on any atom is -0.0654 e. The Kier molecular flexibility index (Phi) is 12.4. The highest BCUT2D eigenvalue weighted by Crippen LogP contribution is 2.64. The van der Waals surface area contributed by atoms with Gasteiger partial charge >= 0.3 is 8.19 Å². The molecule has 0 nitrogen and oxygen atoms in total. The lowest BCUT2D eigenvalue weighted by molar-refractivity contribution is 0.539. The zero-order valence-corrected chi connectivity index (χ0v) is 12.7. The molecule has 4 heteroatoms. The van der Waals surface area contributed by atoms with Crippen molar-refractivity contribution in [2.75, 3.05) is 6.16 Å². The molecule has 0 heterocycles. The van der Waals surface area contributed by atoms with Crippen LogP contribution in [0.4, 0.5) is 12.6 Å². The van der Waals surface area contributed by atoms with Gasteiger partial charge in [-0.25, -0.2) is 0 Å². The summed E-state index contributed by atoms with van der Waals surface area (Å²) in [4.78, 5) is 0. The van der Waals surface area contributed by atoms with E-state index in [1.807, 2.05) is 0 Å². The first-order chi connectivity index (χ1) is 8.56. The highest BCUT2D eigenvalue weighted by molar-refractivity contribution is 7.60. The van der Waals surface area contributed by atoms with Crippen LogP contribution in [0, 0.1) is 0 Å². The molecule has 0 atom stereocenters. The topological polar surface area (TPSA) is 0 Å². The van der Waals surface area contributed by atoms with E-state index in [2.05, 4.69) is 6.92 Å². The van der Waals surface area contributed by atoms with Crippen molar-refractivity contribution in [1.29, 1.82) is 0 Å². The molecule has 0 unspecified atom stereocenters. The standard InChI is InChI=1S/C14H29F3P/c1-2-3-4-5-6-7-8-9-10-11-12-13-14-18(15,16)17/h2-14H2,1H3/q+1. The Morgan fingerprint density at radius 1 is 0.556 bits per heavy atom. The number of hydrogen-bond donors (Lipinski definition) is 0. The molecule has 0 aromatic heterocycles. The van der Waals surface area contributed by atoms with Crippen LogP contribution < -0.4 is 0 Å². The Bertz CT molecular complexity index is 169. The van der Waals surface area contributed by atoms with Gasteiger partial charge in [0.15, 0.2) is 6.16 Å². The van der Waals surface area contributed by atoms with Crippen LogP contribution in [0.2, 0.25) is 0 Å². The molecule has 0 bridgehead atoms. The van der Waals surface area contributed by atoms with Crippen molar-refractivity contribution in [3.05, 3.63) is 0 Å². The predicted molar refractivity (Wildman–Crippen MR) is 76.2 cm³/mol. The Hall–Kier alpha value is 0.220. The van der Waals surface area contributed by atoms with Crippen LogP contribution in [-0.2, 0) is 0 Å². The second kappa shape index (κ2) is 12.3. The highest BCUT2D eigenvalue weighted by atomic mass is 31.3. The van der Waals surface area contributed by atoms with Crippen molar-refractivity contribution in [3.8, 4) is 0 Å². The summed E-state index contributed by atoms with van der Waals surface area (Å²) < 4.78 is 35.9. The summed E-state index contributed by atoms with van der Waals surface area (Å²) in [7, 11) is -5.00. The fourth-order valence-corrected chi connectivity index (χ4v) is 2.71. The molecular formula is C14H29F3P+. The summed E-state index contributed by atoms with van der Waals surface area (Å²) >= 11 is 0. The summed E-state index contributed by atoms with van der Waals surface area (Å²) in [6, 6.07) is 0. The predicted octanol–water partition coefficient (Wildman–Crippen LogP) is 7.36. The quantitative estimate of drug-likeness (QED) is 0.245. The van der Waals surface area contributed by atoms with Crippen molar-refractivity contribution >= 4 is 8.19 Å². The molecule has 110 valence electrons. The van der Waals surface area contributed by atoms with E-state index < -0.39 is 14.4 Å². The third-order valence-corrected chi connectivity index (χ3v) is 4.09. The van der Waals surface area contributed by atoms with Gasteiger partial charge in [0.05, 0.1) is 0 Å². The molecule has 0 spiro atoms. The number of rotatable bonds is 13. The van der Waals surface area contributed by atoms with E-state index >= 15 is 0 Å². The molecule has 0 radical (unpaired) electrons. The second-order valence-electron chi connectivity index (χ2n) is 5.16. The maximum atomic E-state index is 12.0. The molecule has 0 aromatic rings. The number of unbranched alkanes of at least 4 members (excludes halogenated alkanes) is 11. The van der Waals surface area contributed by atoms with Crippen LogP contribution >= 0.6 is 8.19 Å². The van der Waals surface area contributed by atoms with Gasteiger partial charge in [0.25, 0.3) is 0 Å². The van der Waals surface area contributed by atoms with Gasteiger partial charge in [-0.05, 0) is 12.8 Å². The molecule has 0 N–H and O–H groups in total. The Balaban J connectivity index is 2.99. The SMILES string of the molecule is CCCCCCCCCCCCCC[P+](F)(F)F. The zero-order valence-electron chi connectivity index (χ0n) is 11.8. The van der Waals surface area contributed by atoms with Crippen LogP contribution in [-0.4, -0.2) is 6.16 Å². The smallest absolute Gasteiger partial charge is 0.0654 e. The average molecular weight is 285 g/mol. The Morgan fingerprint density at radius 3 is 1.22 bits per heavy atom. The summed E-state index contributed by atoms with van der Waals surface area (Å²) in [5.74, 6) is 0. The third-order valence-electron chi connectivity index (χ3n) is 3.27. The van der Waals surface area contributed by atoms with E-state index in [0.29, 0.717) is 6.42 Å². The van der Waals surface area contributed by atoms with Crippen molar-refractivity contribution in [2.45, 2.75) is 84.0 Å². The maximum Gasteiger partial charge on any atom is 0.569 e. The Morgan fingerprint density at radius 2 is 0.889 bits per heavy atom. The third kappa shape index (κ3) is 16.2. The van der Waals surface area contributed by atoms with Gasteiger partial charge in [-0.3, -0.25) is 0 Å². The van der Waals surface area contributed by atoms with Gasteiger partial charge < -0.3 is 0 Å². The van der Waals surface area contributed by atoms with E-state index in [1.54, 1.807) is 0 Å². The van der Waals surface area contributed by atoms with Crippen molar-refractivity contribution in [3.63, 3.8) is 0 Å². The van der Waals surface area contributed by atoms with Gasteiger partial charge in [0.2, 0.25) is 0 Å². The lowest BCUT2D eigenvalue weighted by Gasteiger charge is -2.02. The molecule has 0 fully saturated rings. The first-order valence-electron chi connectivity index (χ1n) is 7.53. The van der Waals surface area contributed by atoms with E-state index in [1.165, 1.54) is 51.4 Å². The summed E-state index contributed by atoms with van der Waals surface area (Å²) in [5, 5.41) is 0. The van der Waals surface area contributed by atoms with Crippen LogP contribution in [0.25, 0.3) is 0 Å². The minimum atomic E-state index is -5.00. The summed E-state index contributed by atoms with van der Waals surface area (Å²) in [5.41, 5.74) is 0. The molecule has 0 saturated heterocycles. The highest BCUT2D eigenvalue weighted by Gasteiger charge is 2.41. The van der Waals surface area contributed by atoms with Crippen LogP contribution in [0.15, 0.2) is 0 Å². The number of halogens is 3. The molecule has 0 aliphatic carbocycles. The molecule has 0 saturated carbocycles. The monoisotopic (exact) mass is 285 g/mol. The normalized spacial score (nSPS) is 12.0. The maximum absolute atomic E-state index is 12.0. The van der Waals surface area contributed by atoms with Crippen molar-refractivity contribution < 1.29 is 12.6 Å². The van der Waals surface area contributed by atoms with Crippen molar-refractivity contribution in [1.82, 2.24) is 0 Å². The van der Waals surface area contributed by atoms with Gasteiger partial charge in [-0.1, -0.05) is 71.1 Å². The van der Waals surface area contributed by atoms with Gasteiger partial charge in [0.1, 0.15) is 0 Å². The first kappa shape index (κ1) is 18.2.